The molecule has 1 N–H and O–H groups in total. The fraction of sp³-hybridized carbons (Fsp3) is 1.00. The molecule has 0 amide bonds. The minimum atomic E-state index is 0.736. The summed E-state index contributed by atoms with van der Waals surface area (Å²) in [6.45, 7) is 11.8. The number of rotatable bonds is 8. The average molecular weight is 254 g/mol. The first kappa shape index (κ1) is 16.0. The summed E-state index contributed by atoms with van der Waals surface area (Å²) in [5.74, 6) is 0. The zero-order chi connectivity index (χ0) is 13.4. The Morgan fingerprint density at radius 2 is 1.83 bits per heavy atom. The molecule has 0 aromatic heterocycles. The molecule has 2 nitrogen and oxygen atoms in total. The monoisotopic (exact) mass is 254 g/mol. The predicted octanol–water partition coefficient (Wildman–Crippen LogP) is 3.81. The van der Waals surface area contributed by atoms with Crippen molar-refractivity contribution in [2.45, 2.75) is 90.8 Å². The smallest absolute Gasteiger partial charge is 0.00697 e. The van der Waals surface area contributed by atoms with Gasteiger partial charge in [-0.3, -0.25) is 4.90 Å². The SMILES string of the molecule is CCCNC(CC)CCCN1C(C)CCCC1C. The molecule has 1 heterocycles. The molecule has 1 aliphatic rings. The van der Waals surface area contributed by atoms with Gasteiger partial charge in [0.15, 0.2) is 0 Å². The first-order valence-corrected chi connectivity index (χ1v) is 8.18. The van der Waals surface area contributed by atoms with Crippen molar-refractivity contribution in [3.8, 4) is 0 Å². The Morgan fingerprint density at radius 1 is 1.17 bits per heavy atom. The van der Waals surface area contributed by atoms with Crippen molar-refractivity contribution in [1.29, 1.82) is 0 Å². The zero-order valence-electron chi connectivity index (χ0n) is 13.0. The highest BCUT2D eigenvalue weighted by atomic mass is 15.2. The molecule has 0 spiro atoms. The number of hydrogen-bond acceptors (Lipinski definition) is 2. The summed E-state index contributed by atoms with van der Waals surface area (Å²) in [6, 6.07) is 2.34. The maximum Gasteiger partial charge on any atom is 0.00697 e. The molecule has 2 heteroatoms. The second-order valence-corrected chi connectivity index (χ2v) is 6.07. The topological polar surface area (TPSA) is 15.3 Å². The van der Waals surface area contributed by atoms with E-state index in [1.807, 2.05) is 0 Å². The molecule has 1 aliphatic heterocycles. The van der Waals surface area contributed by atoms with Crippen molar-refractivity contribution >= 4 is 0 Å². The summed E-state index contributed by atoms with van der Waals surface area (Å²) in [7, 11) is 0. The van der Waals surface area contributed by atoms with Crippen LogP contribution in [0.15, 0.2) is 0 Å². The van der Waals surface area contributed by atoms with Crippen LogP contribution in [0.2, 0.25) is 0 Å². The first-order chi connectivity index (χ1) is 8.69. The minimum absolute atomic E-state index is 0.736. The zero-order valence-corrected chi connectivity index (χ0v) is 13.0. The Morgan fingerprint density at radius 3 is 2.39 bits per heavy atom. The quantitative estimate of drug-likeness (QED) is 0.708. The predicted molar refractivity (Wildman–Crippen MR) is 81.1 cm³/mol. The van der Waals surface area contributed by atoms with Crippen molar-refractivity contribution in [3.63, 3.8) is 0 Å². The summed E-state index contributed by atoms with van der Waals surface area (Å²) in [4.78, 5) is 2.73. The van der Waals surface area contributed by atoms with Gasteiger partial charge >= 0.3 is 0 Å². The summed E-state index contributed by atoms with van der Waals surface area (Å²) in [5, 5.41) is 3.66. The highest BCUT2D eigenvalue weighted by molar-refractivity contribution is 4.79. The van der Waals surface area contributed by atoms with E-state index in [0.717, 1.165) is 18.1 Å². The molecule has 1 fully saturated rings. The van der Waals surface area contributed by atoms with E-state index in [2.05, 4.69) is 37.9 Å². The van der Waals surface area contributed by atoms with E-state index in [1.54, 1.807) is 0 Å². The molecule has 1 rings (SSSR count). The Balaban J connectivity index is 2.22. The summed E-state index contributed by atoms with van der Waals surface area (Å²) < 4.78 is 0. The second-order valence-electron chi connectivity index (χ2n) is 6.07. The van der Waals surface area contributed by atoms with Gasteiger partial charge in [0.1, 0.15) is 0 Å². The lowest BCUT2D eigenvalue weighted by atomic mass is 9.97. The van der Waals surface area contributed by atoms with E-state index in [1.165, 1.54) is 58.0 Å². The van der Waals surface area contributed by atoms with Gasteiger partial charge in [0.05, 0.1) is 0 Å². The molecular formula is C16H34N2. The summed E-state index contributed by atoms with van der Waals surface area (Å²) in [6.07, 6.45) is 9.43. The molecule has 1 saturated heterocycles. The van der Waals surface area contributed by atoms with Gasteiger partial charge in [0, 0.05) is 18.1 Å². The van der Waals surface area contributed by atoms with E-state index in [9.17, 15) is 0 Å². The van der Waals surface area contributed by atoms with Crippen LogP contribution in [-0.2, 0) is 0 Å². The second kappa shape index (κ2) is 8.92. The Kier molecular flexibility index (Phi) is 7.92. The molecular weight excluding hydrogens is 220 g/mol. The van der Waals surface area contributed by atoms with Gasteiger partial charge in [-0.2, -0.15) is 0 Å². The lowest BCUT2D eigenvalue weighted by Crippen LogP contribution is -2.44. The molecule has 0 aliphatic carbocycles. The van der Waals surface area contributed by atoms with Crippen molar-refractivity contribution in [1.82, 2.24) is 10.2 Å². The van der Waals surface area contributed by atoms with Gasteiger partial charge in [0.25, 0.3) is 0 Å². The number of hydrogen-bond donors (Lipinski definition) is 1. The largest absolute Gasteiger partial charge is 0.314 e. The van der Waals surface area contributed by atoms with Crippen LogP contribution < -0.4 is 5.32 Å². The lowest BCUT2D eigenvalue weighted by molar-refractivity contribution is 0.100. The van der Waals surface area contributed by atoms with Crippen molar-refractivity contribution in [3.05, 3.63) is 0 Å². The van der Waals surface area contributed by atoms with E-state index < -0.39 is 0 Å². The van der Waals surface area contributed by atoms with Gasteiger partial charge < -0.3 is 5.32 Å². The average Bonchev–Trinajstić information content (AvgIpc) is 2.36. The van der Waals surface area contributed by atoms with Crippen LogP contribution in [0.5, 0.6) is 0 Å². The van der Waals surface area contributed by atoms with Gasteiger partial charge in [-0.1, -0.05) is 20.3 Å². The maximum atomic E-state index is 3.66. The molecule has 18 heavy (non-hydrogen) atoms. The van der Waals surface area contributed by atoms with Crippen LogP contribution in [0, 0.1) is 0 Å². The highest BCUT2D eigenvalue weighted by Crippen LogP contribution is 2.22. The van der Waals surface area contributed by atoms with Crippen molar-refractivity contribution < 1.29 is 0 Å². The summed E-state index contributed by atoms with van der Waals surface area (Å²) >= 11 is 0. The Bertz CT molecular complexity index is 195. The van der Waals surface area contributed by atoms with Crippen LogP contribution in [0.1, 0.15) is 72.6 Å². The molecule has 3 unspecified atom stereocenters. The first-order valence-electron chi connectivity index (χ1n) is 8.18. The van der Waals surface area contributed by atoms with E-state index >= 15 is 0 Å². The Labute approximate surface area is 115 Å². The summed E-state index contributed by atoms with van der Waals surface area (Å²) in [5.41, 5.74) is 0. The third kappa shape index (κ3) is 5.27. The van der Waals surface area contributed by atoms with Crippen LogP contribution >= 0.6 is 0 Å². The standard InChI is InChI=1S/C16H34N2/c1-5-12-17-16(6-2)11-8-13-18-14(3)9-7-10-15(18)4/h14-17H,5-13H2,1-4H3. The molecule has 3 atom stereocenters. The van der Waals surface area contributed by atoms with E-state index in [0.29, 0.717) is 0 Å². The molecule has 0 radical (unpaired) electrons. The van der Waals surface area contributed by atoms with Crippen LogP contribution in [-0.4, -0.2) is 36.1 Å². The Hall–Kier alpha value is -0.0800. The fourth-order valence-corrected chi connectivity index (χ4v) is 3.23. The number of nitrogens with one attached hydrogen (secondary N) is 1. The van der Waals surface area contributed by atoms with Crippen molar-refractivity contribution in [2.75, 3.05) is 13.1 Å². The van der Waals surface area contributed by atoms with Crippen molar-refractivity contribution in [2.24, 2.45) is 0 Å². The minimum Gasteiger partial charge on any atom is -0.314 e. The van der Waals surface area contributed by atoms with E-state index in [4.69, 9.17) is 0 Å². The molecule has 0 aromatic carbocycles. The molecule has 0 bridgehead atoms. The lowest BCUT2D eigenvalue weighted by Gasteiger charge is -2.39. The normalized spacial score (nSPS) is 27.3. The number of piperidine rings is 1. The maximum absolute atomic E-state index is 3.66. The van der Waals surface area contributed by atoms with E-state index in [-0.39, 0.29) is 0 Å². The molecule has 0 saturated carbocycles. The van der Waals surface area contributed by atoms with Gasteiger partial charge in [-0.15, -0.1) is 0 Å². The van der Waals surface area contributed by atoms with Gasteiger partial charge in [-0.25, -0.2) is 0 Å². The number of likely N-dealkylation sites (tertiary alicyclic amines) is 1. The van der Waals surface area contributed by atoms with Crippen LogP contribution in [0.4, 0.5) is 0 Å². The van der Waals surface area contributed by atoms with Gasteiger partial charge in [0.2, 0.25) is 0 Å². The van der Waals surface area contributed by atoms with Crippen LogP contribution in [0.25, 0.3) is 0 Å². The highest BCUT2D eigenvalue weighted by Gasteiger charge is 2.23. The fourth-order valence-electron chi connectivity index (χ4n) is 3.23. The van der Waals surface area contributed by atoms with Crippen LogP contribution in [0.3, 0.4) is 0 Å². The molecule has 0 aromatic rings. The van der Waals surface area contributed by atoms with Gasteiger partial charge in [-0.05, 0) is 65.5 Å². The third-order valence-corrected chi connectivity index (χ3v) is 4.52. The number of nitrogens with zero attached hydrogens (tertiary/aromatic N) is 1. The molecule has 108 valence electrons. The third-order valence-electron chi connectivity index (χ3n) is 4.52.